The zero-order chi connectivity index (χ0) is 8.69. The van der Waals surface area contributed by atoms with E-state index in [-0.39, 0.29) is 5.97 Å². The van der Waals surface area contributed by atoms with Crippen LogP contribution in [0.5, 0.6) is 0 Å². The summed E-state index contributed by atoms with van der Waals surface area (Å²) in [4.78, 5) is 20.8. The van der Waals surface area contributed by atoms with E-state index in [2.05, 4.69) is 10.1 Å². The van der Waals surface area contributed by atoms with Crippen molar-refractivity contribution in [2.24, 2.45) is 0 Å². The first-order valence-electron chi connectivity index (χ1n) is 3.53. The molecule has 0 aliphatic rings. The predicted molar refractivity (Wildman–Crippen MR) is 39.9 cm³/mol. The summed E-state index contributed by atoms with van der Waals surface area (Å²) in [6.07, 6.45) is 1.96. The highest BCUT2D eigenvalue weighted by atomic mass is 16.5. The zero-order valence-electron chi connectivity index (χ0n) is 6.79. The van der Waals surface area contributed by atoms with Gasteiger partial charge in [-0.1, -0.05) is 13.3 Å². The molecule has 0 unspecified atom stereocenters. The molecule has 4 heteroatoms. The zero-order valence-corrected chi connectivity index (χ0v) is 6.79. The van der Waals surface area contributed by atoms with Crippen LogP contribution in [0.4, 0.5) is 0 Å². The second-order valence-corrected chi connectivity index (χ2v) is 2.15. The lowest BCUT2D eigenvalue weighted by molar-refractivity contribution is -0.144. The summed E-state index contributed by atoms with van der Waals surface area (Å²) in [7, 11) is 1.30. The minimum Gasteiger partial charge on any atom is -0.467 e. The SMILES string of the molecule is CCC[C@H](NC=O)C(=O)OC. The number of nitrogens with one attached hydrogen (secondary N) is 1. The van der Waals surface area contributed by atoms with Crippen molar-refractivity contribution >= 4 is 12.4 Å². The minimum absolute atomic E-state index is 0.390. The summed E-state index contributed by atoms with van der Waals surface area (Å²) in [6, 6.07) is -0.484. The highest BCUT2D eigenvalue weighted by Crippen LogP contribution is 1.97. The molecule has 0 aromatic heterocycles. The topological polar surface area (TPSA) is 55.4 Å². The van der Waals surface area contributed by atoms with Crippen LogP contribution in [-0.4, -0.2) is 25.5 Å². The highest BCUT2D eigenvalue weighted by Gasteiger charge is 2.15. The first-order valence-corrected chi connectivity index (χ1v) is 3.53. The quantitative estimate of drug-likeness (QED) is 0.456. The van der Waals surface area contributed by atoms with Crippen LogP contribution >= 0.6 is 0 Å². The monoisotopic (exact) mass is 159 g/mol. The van der Waals surface area contributed by atoms with Gasteiger partial charge in [-0.3, -0.25) is 4.79 Å². The van der Waals surface area contributed by atoms with Crippen LogP contribution in [0.3, 0.4) is 0 Å². The molecule has 4 nitrogen and oxygen atoms in total. The Kier molecular flexibility index (Phi) is 5.15. The fraction of sp³-hybridized carbons (Fsp3) is 0.714. The number of hydrogen-bond donors (Lipinski definition) is 1. The summed E-state index contributed by atoms with van der Waals surface area (Å²) in [5.41, 5.74) is 0. The average molecular weight is 159 g/mol. The third-order valence-electron chi connectivity index (χ3n) is 1.33. The summed E-state index contributed by atoms with van der Waals surface area (Å²) in [5, 5.41) is 2.38. The van der Waals surface area contributed by atoms with E-state index < -0.39 is 6.04 Å². The van der Waals surface area contributed by atoms with Gasteiger partial charge in [-0.15, -0.1) is 0 Å². The first kappa shape index (κ1) is 9.94. The van der Waals surface area contributed by atoms with Gasteiger partial charge in [-0.25, -0.2) is 4.79 Å². The molecule has 0 aliphatic heterocycles. The van der Waals surface area contributed by atoms with E-state index in [0.29, 0.717) is 12.8 Å². The third kappa shape index (κ3) is 3.60. The van der Waals surface area contributed by atoms with Crippen molar-refractivity contribution in [1.29, 1.82) is 0 Å². The second-order valence-electron chi connectivity index (χ2n) is 2.15. The minimum atomic E-state index is -0.484. The van der Waals surface area contributed by atoms with E-state index in [1.165, 1.54) is 7.11 Å². The van der Waals surface area contributed by atoms with Gasteiger partial charge in [0, 0.05) is 0 Å². The Morgan fingerprint density at radius 1 is 1.73 bits per heavy atom. The van der Waals surface area contributed by atoms with Crippen LogP contribution in [0.25, 0.3) is 0 Å². The van der Waals surface area contributed by atoms with Crippen molar-refractivity contribution in [3.8, 4) is 0 Å². The molecule has 0 rings (SSSR count). The number of ether oxygens (including phenoxy) is 1. The van der Waals surface area contributed by atoms with Crippen LogP contribution in [0.2, 0.25) is 0 Å². The standard InChI is InChI=1S/C7H13NO3/c1-3-4-6(8-5-9)7(10)11-2/h5-6H,3-4H2,1-2H3,(H,8,9)/t6-/m0/s1. The highest BCUT2D eigenvalue weighted by molar-refractivity contribution is 5.77. The van der Waals surface area contributed by atoms with Crippen molar-refractivity contribution in [3.05, 3.63) is 0 Å². The molecule has 0 heterocycles. The lowest BCUT2D eigenvalue weighted by atomic mass is 10.2. The Morgan fingerprint density at radius 2 is 2.36 bits per heavy atom. The molecule has 0 aromatic carbocycles. The fourth-order valence-electron chi connectivity index (χ4n) is 0.782. The van der Waals surface area contributed by atoms with Crippen LogP contribution in [0, 0.1) is 0 Å². The molecule has 11 heavy (non-hydrogen) atoms. The van der Waals surface area contributed by atoms with E-state index in [4.69, 9.17) is 0 Å². The molecule has 0 saturated heterocycles. The number of hydrogen-bond acceptors (Lipinski definition) is 3. The Labute approximate surface area is 65.9 Å². The molecular weight excluding hydrogens is 146 g/mol. The maximum absolute atomic E-state index is 10.8. The van der Waals surface area contributed by atoms with E-state index in [0.717, 1.165) is 6.42 Å². The van der Waals surface area contributed by atoms with E-state index in [1.807, 2.05) is 6.92 Å². The van der Waals surface area contributed by atoms with Crippen molar-refractivity contribution in [2.45, 2.75) is 25.8 Å². The van der Waals surface area contributed by atoms with Crippen LogP contribution in [-0.2, 0) is 14.3 Å². The van der Waals surface area contributed by atoms with Crippen molar-refractivity contribution in [3.63, 3.8) is 0 Å². The average Bonchev–Trinajstić information content (AvgIpc) is 2.03. The van der Waals surface area contributed by atoms with Gasteiger partial charge in [0.25, 0.3) is 0 Å². The van der Waals surface area contributed by atoms with Crippen molar-refractivity contribution < 1.29 is 14.3 Å². The van der Waals surface area contributed by atoms with Gasteiger partial charge < -0.3 is 10.1 Å². The molecule has 0 fully saturated rings. The second kappa shape index (κ2) is 5.70. The summed E-state index contributed by atoms with van der Waals surface area (Å²) in [6.45, 7) is 1.93. The van der Waals surface area contributed by atoms with Gasteiger partial charge in [-0.05, 0) is 6.42 Å². The van der Waals surface area contributed by atoms with Gasteiger partial charge in [0.05, 0.1) is 7.11 Å². The first-order chi connectivity index (χ1) is 5.26. The Morgan fingerprint density at radius 3 is 2.73 bits per heavy atom. The van der Waals surface area contributed by atoms with E-state index >= 15 is 0 Å². The number of carbonyl (C=O) groups excluding carboxylic acids is 2. The molecule has 1 atom stereocenters. The molecular formula is C7H13NO3. The molecule has 0 bridgehead atoms. The van der Waals surface area contributed by atoms with Gasteiger partial charge in [0.2, 0.25) is 6.41 Å². The van der Waals surface area contributed by atoms with E-state index in [9.17, 15) is 9.59 Å². The molecule has 64 valence electrons. The van der Waals surface area contributed by atoms with Gasteiger partial charge >= 0.3 is 5.97 Å². The van der Waals surface area contributed by atoms with Gasteiger partial charge in [-0.2, -0.15) is 0 Å². The molecule has 0 spiro atoms. The van der Waals surface area contributed by atoms with Crippen LogP contribution in [0.1, 0.15) is 19.8 Å². The molecule has 0 saturated carbocycles. The number of carbonyl (C=O) groups is 2. The van der Waals surface area contributed by atoms with E-state index in [1.54, 1.807) is 0 Å². The molecule has 0 aliphatic carbocycles. The Balaban J connectivity index is 3.86. The van der Waals surface area contributed by atoms with Crippen molar-refractivity contribution in [1.82, 2.24) is 5.32 Å². The smallest absolute Gasteiger partial charge is 0.328 e. The largest absolute Gasteiger partial charge is 0.467 e. The molecule has 1 amide bonds. The third-order valence-corrected chi connectivity index (χ3v) is 1.33. The maximum atomic E-state index is 10.8. The van der Waals surface area contributed by atoms with Gasteiger partial charge in [0.1, 0.15) is 6.04 Å². The Bertz CT molecular complexity index is 136. The van der Waals surface area contributed by atoms with Crippen LogP contribution < -0.4 is 5.32 Å². The number of rotatable bonds is 5. The molecule has 1 N–H and O–H groups in total. The predicted octanol–water partition coefficient (Wildman–Crippen LogP) is 0.0741. The lowest BCUT2D eigenvalue weighted by Gasteiger charge is -2.11. The van der Waals surface area contributed by atoms with Gasteiger partial charge in [0.15, 0.2) is 0 Å². The maximum Gasteiger partial charge on any atom is 0.328 e. The molecule has 0 radical (unpaired) electrons. The summed E-state index contributed by atoms with van der Waals surface area (Å²) < 4.78 is 4.46. The molecule has 0 aromatic rings. The number of methoxy groups -OCH3 is 1. The summed E-state index contributed by atoms with van der Waals surface area (Å²) in [5.74, 6) is -0.390. The Hall–Kier alpha value is -1.06. The van der Waals surface area contributed by atoms with Crippen LogP contribution in [0.15, 0.2) is 0 Å². The fourth-order valence-corrected chi connectivity index (χ4v) is 0.782. The van der Waals surface area contributed by atoms with Crippen molar-refractivity contribution in [2.75, 3.05) is 7.11 Å². The number of amides is 1. The lowest BCUT2D eigenvalue weighted by Crippen LogP contribution is -2.36. The normalized spacial score (nSPS) is 11.8. The number of esters is 1. The summed E-state index contributed by atoms with van der Waals surface area (Å²) >= 11 is 0.